The van der Waals surface area contributed by atoms with E-state index in [1.807, 2.05) is 0 Å². The van der Waals surface area contributed by atoms with Gasteiger partial charge in [-0.15, -0.1) is 0 Å². The van der Waals surface area contributed by atoms with Gasteiger partial charge < -0.3 is 4.57 Å². The van der Waals surface area contributed by atoms with Gasteiger partial charge in [-0.1, -0.05) is 122 Å². The van der Waals surface area contributed by atoms with Gasteiger partial charge in [-0.05, 0) is 96.9 Å². The number of hydrogen-bond donors (Lipinski definition) is 0. The molecule has 0 spiro atoms. The second-order valence-electron chi connectivity index (χ2n) is 11.6. The molecule has 0 aliphatic carbocycles. The number of aromatic nitrogens is 1. The standard InChI is InChI=1S/C42H29N/c1-2-27-14-16-28(17-15-27)37-26-38(36-25-21-31-9-7-8-30-20-24-35(37)42(36)41(30)31)29-18-22-32(23-19-29)43-39-12-5-3-10-33(39)34-11-4-6-13-40(34)43/h3-26H,2H2,1H3. The zero-order valence-electron chi connectivity index (χ0n) is 24.0. The third-order valence-electron chi connectivity index (χ3n) is 9.34. The van der Waals surface area contributed by atoms with Crippen LogP contribution in [0.2, 0.25) is 0 Å². The summed E-state index contributed by atoms with van der Waals surface area (Å²) >= 11 is 0. The van der Waals surface area contributed by atoms with Crippen molar-refractivity contribution in [3.63, 3.8) is 0 Å². The van der Waals surface area contributed by atoms with Crippen molar-refractivity contribution in [2.45, 2.75) is 13.3 Å². The number of nitrogens with zero attached hydrogens (tertiary/aromatic N) is 1. The van der Waals surface area contributed by atoms with E-state index in [1.165, 1.54) is 87.6 Å². The molecule has 1 aromatic heterocycles. The predicted molar refractivity (Wildman–Crippen MR) is 185 cm³/mol. The van der Waals surface area contributed by atoms with Gasteiger partial charge in [0, 0.05) is 16.5 Å². The summed E-state index contributed by atoms with van der Waals surface area (Å²) in [4.78, 5) is 0. The summed E-state index contributed by atoms with van der Waals surface area (Å²) in [5.74, 6) is 0. The van der Waals surface area contributed by atoms with Gasteiger partial charge in [0.1, 0.15) is 0 Å². The van der Waals surface area contributed by atoms with E-state index in [2.05, 4.69) is 157 Å². The Balaban J connectivity index is 1.29. The van der Waals surface area contributed by atoms with Crippen molar-refractivity contribution < 1.29 is 0 Å². The maximum absolute atomic E-state index is 2.41. The molecule has 1 nitrogen and oxygen atoms in total. The van der Waals surface area contributed by atoms with Crippen molar-refractivity contribution in [3.8, 4) is 27.9 Å². The van der Waals surface area contributed by atoms with Crippen molar-refractivity contribution in [2.24, 2.45) is 0 Å². The summed E-state index contributed by atoms with van der Waals surface area (Å²) in [6.07, 6.45) is 1.04. The zero-order chi connectivity index (χ0) is 28.5. The van der Waals surface area contributed by atoms with Crippen LogP contribution in [0, 0.1) is 0 Å². The summed E-state index contributed by atoms with van der Waals surface area (Å²) in [5, 5.41) is 10.5. The van der Waals surface area contributed by atoms with Gasteiger partial charge in [0.2, 0.25) is 0 Å². The molecule has 9 rings (SSSR count). The van der Waals surface area contributed by atoms with Gasteiger partial charge in [0.05, 0.1) is 11.0 Å². The zero-order valence-corrected chi connectivity index (χ0v) is 24.0. The van der Waals surface area contributed by atoms with Crippen LogP contribution in [0.4, 0.5) is 0 Å². The second-order valence-corrected chi connectivity index (χ2v) is 11.6. The van der Waals surface area contributed by atoms with Crippen LogP contribution in [0.1, 0.15) is 12.5 Å². The Bertz CT molecular complexity index is 2390. The molecule has 0 saturated heterocycles. The molecular weight excluding hydrogens is 518 g/mol. The highest BCUT2D eigenvalue weighted by Gasteiger charge is 2.17. The van der Waals surface area contributed by atoms with Crippen LogP contribution in [0.15, 0.2) is 146 Å². The van der Waals surface area contributed by atoms with E-state index in [1.54, 1.807) is 0 Å². The average molecular weight is 548 g/mol. The molecule has 43 heavy (non-hydrogen) atoms. The molecule has 1 heterocycles. The summed E-state index contributed by atoms with van der Waals surface area (Å²) in [5.41, 5.74) is 10.1. The lowest BCUT2D eigenvalue weighted by Gasteiger charge is -2.18. The molecule has 0 bridgehead atoms. The van der Waals surface area contributed by atoms with Crippen LogP contribution in [0.3, 0.4) is 0 Å². The fraction of sp³-hybridized carbons (Fsp3) is 0.0476. The molecule has 1 heteroatoms. The highest BCUT2D eigenvalue weighted by atomic mass is 15.0. The van der Waals surface area contributed by atoms with Crippen LogP contribution in [0.5, 0.6) is 0 Å². The molecule has 0 N–H and O–H groups in total. The highest BCUT2D eigenvalue weighted by molar-refractivity contribution is 6.28. The SMILES string of the molecule is CCc1ccc(-c2cc(-c3ccc(-n4c5ccccc5c5ccccc54)cc3)c3ccc4cccc5ccc2c3c54)cc1. The molecule has 0 saturated carbocycles. The lowest BCUT2D eigenvalue weighted by Crippen LogP contribution is -1.94. The fourth-order valence-electron chi connectivity index (χ4n) is 7.22. The molecule has 0 radical (unpaired) electrons. The first kappa shape index (κ1) is 24.2. The first-order chi connectivity index (χ1) is 21.3. The van der Waals surface area contributed by atoms with Crippen LogP contribution in [-0.4, -0.2) is 4.57 Å². The quantitative estimate of drug-likeness (QED) is 0.193. The number of rotatable bonds is 4. The normalized spacial score (nSPS) is 11.9. The molecule has 0 atom stereocenters. The number of benzene rings is 8. The fourth-order valence-corrected chi connectivity index (χ4v) is 7.22. The van der Waals surface area contributed by atoms with Crippen LogP contribution in [-0.2, 0) is 6.42 Å². The lowest BCUT2D eigenvalue weighted by atomic mass is 9.85. The molecule has 0 fully saturated rings. The van der Waals surface area contributed by atoms with E-state index in [0.717, 1.165) is 6.42 Å². The minimum absolute atomic E-state index is 1.04. The van der Waals surface area contributed by atoms with E-state index < -0.39 is 0 Å². The number of fused-ring (bicyclic) bond motifs is 3. The van der Waals surface area contributed by atoms with Gasteiger partial charge >= 0.3 is 0 Å². The maximum Gasteiger partial charge on any atom is 0.0541 e. The van der Waals surface area contributed by atoms with Crippen LogP contribution in [0.25, 0.3) is 82.1 Å². The molecule has 8 aromatic carbocycles. The number of para-hydroxylation sites is 2. The molecule has 0 aliphatic rings. The Kier molecular flexibility index (Phi) is 5.24. The Labute approximate surface area is 250 Å². The topological polar surface area (TPSA) is 4.93 Å². The number of aryl methyl sites for hydroxylation is 1. The molecule has 202 valence electrons. The molecule has 9 aromatic rings. The predicted octanol–water partition coefficient (Wildman–Crippen LogP) is 11.6. The van der Waals surface area contributed by atoms with Gasteiger partial charge in [-0.3, -0.25) is 0 Å². The molecular formula is C42H29N. The van der Waals surface area contributed by atoms with Gasteiger partial charge in [-0.2, -0.15) is 0 Å². The van der Waals surface area contributed by atoms with Crippen molar-refractivity contribution in [1.29, 1.82) is 0 Å². The van der Waals surface area contributed by atoms with Crippen molar-refractivity contribution in [1.82, 2.24) is 4.57 Å². The van der Waals surface area contributed by atoms with Gasteiger partial charge in [0.15, 0.2) is 0 Å². The van der Waals surface area contributed by atoms with E-state index in [-0.39, 0.29) is 0 Å². The maximum atomic E-state index is 2.41. The lowest BCUT2D eigenvalue weighted by molar-refractivity contribution is 1.14. The van der Waals surface area contributed by atoms with Gasteiger partial charge in [-0.25, -0.2) is 0 Å². The monoisotopic (exact) mass is 547 g/mol. The molecule has 0 amide bonds. The third kappa shape index (κ3) is 3.58. The molecule has 0 aliphatic heterocycles. The van der Waals surface area contributed by atoms with Crippen LogP contribution >= 0.6 is 0 Å². The summed E-state index contributed by atoms with van der Waals surface area (Å²) in [7, 11) is 0. The van der Waals surface area contributed by atoms with E-state index in [4.69, 9.17) is 0 Å². The summed E-state index contributed by atoms with van der Waals surface area (Å²) in [6.45, 7) is 2.21. The third-order valence-corrected chi connectivity index (χ3v) is 9.34. The number of hydrogen-bond acceptors (Lipinski definition) is 0. The van der Waals surface area contributed by atoms with Crippen molar-refractivity contribution in [2.75, 3.05) is 0 Å². The van der Waals surface area contributed by atoms with Gasteiger partial charge in [0.25, 0.3) is 0 Å². The Morgan fingerprint density at radius 2 is 0.977 bits per heavy atom. The minimum Gasteiger partial charge on any atom is -0.309 e. The van der Waals surface area contributed by atoms with Crippen molar-refractivity contribution >= 4 is 54.1 Å². The smallest absolute Gasteiger partial charge is 0.0541 e. The second kappa shape index (κ2) is 9.31. The Morgan fingerprint density at radius 1 is 0.442 bits per heavy atom. The molecule has 0 unspecified atom stereocenters. The summed E-state index contributed by atoms with van der Waals surface area (Å²) < 4.78 is 2.39. The largest absolute Gasteiger partial charge is 0.309 e. The Morgan fingerprint density at radius 3 is 1.53 bits per heavy atom. The van der Waals surface area contributed by atoms with E-state index in [0.29, 0.717) is 0 Å². The minimum atomic E-state index is 1.04. The Hall–Kier alpha value is -5.40. The van der Waals surface area contributed by atoms with E-state index >= 15 is 0 Å². The van der Waals surface area contributed by atoms with E-state index in [9.17, 15) is 0 Å². The van der Waals surface area contributed by atoms with Crippen LogP contribution < -0.4 is 0 Å². The average Bonchev–Trinajstić information content (AvgIpc) is 3.41. The highest BCUT2D eigenvalue weighted by Crippen LogP contribution is 2.44. The summed E-state index contributed by atoms with van der Waals surface area (Å²) in [6, 6.07) is 54.0. The first-order valence-electron chi connectivity index (χ1n) is 15.2. The first-order valence-corrected chi connectivity index (χ1v) is 15.2. The van der Waals surface area contributed by atoms with Crippen molar-refractivity contribution in [3.05, 3.63) is 151 Å².